The lowest BCUT2D eigenvalue weighted by Gasteiger charge is -2.16. The molecule has 0 saturated heterocycles. The molecule has 1 amide bonds. The van der Waals surface area contributed by atoms with Gasteiger partial charge in [0.15, 0.2) is 0 Å². The van der Waals surface area contributed by atoms with E-state index in [1.165, 1.54) is 0 Å². The maximum absolute atomic E-state index is 12.7. The summed E-state index contributed by atoms with van der Waals surface area (Å²) in [6.07, 6.45) is 3.83. The minimum Gasteiger partial charge on any atom is -0.491 e. The van der Waals surface area contributed by atoms with Crippen molar-refractivity contribution in [3.05, 3.63) is 72.1 Å². The van der Waals surface area contributed by atoms with Gasteiger partial charge in [0.05, 0.1) is 12.3 Å². The molecule has 27 heavy (non-hydrogen) atoms. The predicted octanol–water partition coefficient (Wildman–Crippen LogP) is 4.15. The summed E-state index contributed by atoms with van der Waals surface area (Å²) in [6, 6.07) is 15.7. The Morgan fingerprint density at radius 3 is 2.52 bits per heavy atom. The smallest absolute Gasteiger partial charge is 0.253 e. The molecule has 0 N–H and O–H groups in total. The Hall–Kier alpha value is -3.08. The van der Waals surface area contributed by atoms with Gasteiger partial charge in [-0.2, -0.15) is 5.10 Å². The molecule has 1 heterocycles. The Morgan fingerprint density at radius 2 is 1.89 bits per heavy atom. The minimum absolute atomic E-state index is 0.0118. The van der Waals surface area contributed by atoms with Gasteiger partial charge in [0.1, 0.15) is 5.75 Å². The van der Waals surface area contributed by atoms with Gasteiger partial charge in [-0.1, -0.05) is 24.3 Å². The number of aryl methyl sites for hydroxylation is 1. The largest absolute Gasteiger partial charge is 0.491 e. The van der Waals surface area contributed by atoms with Crippen molar-refractivity contribution < 1.29 is 9.53 Å². The molecule has 5 heteroatoms. The van der Waals surface area contributed by atoms with Crippen LogP contribution in [0.4, 0.5) is 0 Å². The molecule has 0 atom stereocenters. The Kier molecular flexibility index (Phi) is 5.60. The standard InChI is InChI=1S/C22H25N3O2/c1-16(2)27-21-7-5-6-20(12-21)18-8-10-19(11-9-18)22(26)24(3)14-17-13-23-25(4)15-17/h5-13,15-16H,14H2,1-4H3. The van der Waals surface area contributed by atoms with Crippen LogP contribution in [0.1, 0.15) is 29.8 Å². The summed E-state index contributed by atoms with van der Waals surface area (Å²) in [5.74, 6) is 0.834. The molecule has 0 aliphatic heterocycles. The van der Waals surface area contributed by atoms with E-state index in [1.807, 2.05) is 75.6 Å². The van der Waals surface area contributed by atoms with Crippen molar-refractivity contribution >= 4 is 5.91 Å². The number of benzene rings is 2. The van der Waals surface area contributed by atoms with Gasteiger partial charge in [-0.25, -0.2) is 0 Å². The summed E-state index contributed by atoms with van der Waals surface area (Å²) < 4.78 is 7.50. The summed E-state index contributed by atoms with van der Waals surface area (Å²) in [6.45, 7) is 4.55. The maximum atomic E-state index is 12.7. The number of hydrogen-bond donors (Lipinski definition) is 0. The summed E-state index contributed by atoms with van der Waals surface area (Å²) in [5.41, 5.74) is 3.79. The Balaban J connectivity index is 1.72. The number of aromatic nitrogens is 2. The van der Waals surface area contributed by atoms with Crippen molar-refractivity contribution in [3.63, 3.8) is 0 Å². The van der Waals surface area contributed by atoms with Gasteiger partial charge >= 0.3 is 0 Å². The summed E-state index contributed by atoms with van der Waals surface area (Å²) in [4.78, 5) is 14.4. The highest BCUT2D eigenvalue weighted by Crippen LogP contribution is 2.25. The molecule has 0 bridgehead atoms. The second kappa shape index (κ2) is 8.08. The fourth-order valence-electron chi connectivity index (χ4n) is 2.95. The predicted molar refractivity (Wildman–Crippen MR) is 107 cm³/mol. The second-order valence-electron chi connectivity index (χ2n) is 6.96. The topological polar surface area (TPSA) is 47.4 Å². The minimum atomic E-state index is -0.0118. The molecule has 5 nitrogen and oxygen atoms in total. The number of amides is 1. The molecular formula is C22H25N3O2. The van der Waals surface area contributed by atoms with E-state index in [0.29, 0.717) is 12.1 Å². The van der Waals surface area contributed by atoms with Crippen LogP contribution in [0.3, 0.4) is 0 Å². The van der Waals surface area contributed by atoms with E-state index in [1.54, 1.807) is 22.8 Å². The average molecular weight is 363 g/mol. The highest BCUT2D eigenvalue weighted by atomic mass is 16.5. The molecule has 3 aromatic rings. The molecule has 0 fully saturated rings. The van der Waals surface area contributed by atoms with Crippen molar-refractivity contribution in [1.82, 2.24) is 14.7 Å². The van der Waals surface area contributed by atoms with Crippen LogP contribution in [-0.4, -0.2) is 33.7 Å². The lowest BCUT2D eigenvalue weighted by Crippen LogP contribution is -2.25. The maximum Gasteiger partial charge on any atom is 0.253 e. The van der Waals surface area contributed by atoms with Gasteiger partial charge < -0.3 is 9.64 Å². The Bertz CT molecular complexity index is 913. The van der Waals surface area contributed by atoms with E-state index in [4.69, 9.17) is 4.74 Å². The van der Waals surface area contributed by atoms with Crippen LogP contribution in [-0.2, 0) is 13.6 Å². The third kappa shape index (κ3) is 4.76. The molecule has 3 rings (SSSR count). The molecule has 2 aromatic carbocycles. The zero-order chi connectivity index (χ0) is 19.4. The first-order valence-electron chi connectivity index (χ1n) is 9.02. The first-order chi connectivity index (χ1) is 12.9. The fraction of sp³-hybridized carbons (Fsp3) is 0.273. The molecule has 0 spiro atoms. The lowest BCUT2D eigenvalue weighted by atomic mass is 10.0. The van der Waals surface area contributed by atoms with E-state index in [2.05, 4.69) is 5.10 Å². The van der Waals surface area contributed by atoms with E-state index < -0.39 is 0 Å². The summed E-state index contributed by atoms with van der Waals surface area (Å²) in [7, 11) is 3.67. The number of nitrogens with zero attached hydrogens (tertiary/aromatic N) is 3. The van der Waals surface area contributed by atoms with Crippen LogP contribution >= 0.6 is 0 Å². The number of rotatable bonds is 6. The van der Waals surface area contributed by atoms with Crippen LogP contribution in [0.25, 0.3) is 11.1 Å². The van der Waals surface area contributed by atoms with E-state index in [9.17, 15) is 4.79 Å². The molecule has 0 unspecified atom stereocenters. The quantitative estimate of drug-likeness (QED) is 0.661. The van der Waals surface area contributed by atoms with Crippen molar-refractivity contribution in [2.24, 2.45) is 7.05 Å². The first-order valence-corrected chi connectivity index (χ1v) is 9.02. The highest BCUT2D eigenvalue weighted by molar-refractivity contribution is 5.94. The monoisotopic (exact) mass is 363 g/mol. The van der Waals surface area contributed by atoms with Crippen LogP contribution in [0.5, 0.6) is 5.75 Å². The van der Waals surface area contributed by atoms with Crippen LogP contribution < -0.4 is 4.74 Å². The van der Waals surface area contributed by atoms with Crippen molar-refractivity contribution in [1.29, 1.82) is 0 Å². The molecule has 0 aliphatic rings. The molecule has 140 valence electrons. The third-order valence-corrected chi connectivity index (χ3v) is 4.20. The zero-order valence-electron chi connectivity index (χ0n) is 16.2. The number of carbonyl (C=O) groups excluding carboxylic acids is 1. The van der Waals surface area contributed by atoms with Gasteiger partial charge in [0.2, 0.25) is 0 Å². The molecule has 0 radical (unpaired) electrons. The van der Waals surface area contributed by atoms with Crippen LogP contribution in [0.2, 0.25) is 0 Å². The molecule has 0 saturated carbocycles. The zero-order valence-corrected chi connectivity index (χ0v) is 16.2. The second-order valence-corrected chi connectivity index (χ2v) is 6.96. The first kappa shape index (κ1) is 18.7. The van der Waals surface area contributed by atoms with E-state index >= 15 is 0 Å². The van der Waals surface area contributed by atoms with Crippen molar-refractivity contribution in [2.45, 2.75) is 26.5 Å². The summed E-state index contributed by atoms with van der Waals surface area (Å²) >= 11 is 0. The molecule has 1 aromatic heterocycles. The van der Waals surface area contributed by atoms with E-state index in [-0.39, 0.29) is 12.0 Å². The van der Waals surface area contributed by atoms with Gasteiger partial charge in [-0.05, 0) is 49.2 Å². The van der Waals surface area contributed by atoms with Crippen LogP contribution in [0.15, 0.2) is 60.9 Å². The van der Waals surface area contributed by atoms with E-state index in [0.717, 1.165) is 22.4 Å². The third-order valence-electron chi connectivity index (χ3n) is 4.20. The number of carbonyl (C=O) groups is 1. The Labute approximate surface area is 160 Å². The number of ether oxygens (including phenoxy) is 1. The summed E-state index contributed by atoms with van der Waals surface area (Å²) in [5, 5.41) is 4.14. The van der Waals surface area contributed by atoms with Gasteiger partial charge in [0, 0.05) is 38.0 Å². The van der Waals surface area contributed by atoms with Crippen molar-refractivity contribution in [3.8, 4) is 16.9 Å². The molecular weight excluding hydrogens is 338 g/mol. The number of hydrogen-bond acceptors (Lipinski definition) is 3. The fourth-order valence-corrected chi connectivity index (χ4v) is 2.95. The van der Waals surface area contributed by atoms with Crippen molar-refractivity contribution in [2.75, 3.05) is 7.05 Å². The lowest BCUT2D eigenvalue weighted by molar-refractivity contribution is 0.0785. The van der Waals surface area contributed by atoms with Crippen LogP contribution in [0, 0.1) is 0 Å². The Morgan fingerprint density at radius 1 is 1.15 bits per heavy atom. The van der Waals surface area contributed by atoms with Gasteiger partial charge in [-0.3, -0.25) is 9.48 Å². The molecule has 0 aliphatic carbocycles. The SMILES string of the molecule is CC(C)Oc1cccc(-c2ccc(C(=O)N(C)Cc3cnn(C)c3)cc2)c1. The normalized spacial score (nSPS) is 10.9. The highest BCUT2D eigenvalue weighted by Gasteiger charge is 2.13. The van der Waals surface area contributed by atoms with Gasteiger partial charge in [-0.15, -0.1) is 0 Å². The van der Waals surface area contributed by atoms with Gasteiger partial charge in [0.25, 0.3) is 5.91 Å². The average Bonchev–Trinajstić information content (AvgIpc) is 3.05.